The van der Waals surface area contributed by atoms with Gasteiger partial charge in [-0.1, -0.05) is 35.9 Å². The number of aromatic nitrogens is 2. The lowest BCUT2D eigenvalue weighted by atomic mass is 10.1. The van der Waals surface area contributed by atoms with Gasteiger partial charge in [-0.05, 0) is 35.4 Å². The van der Waals surface area contributed by atoms with E-state index in [4.69, 9.17) is 11.6 Å². The van der Waals surface area contributed by atoms with Crippen LogP contribution in [0.15, 0.2) is 60.9 Å². The molecule has 20 heavy (non-hydrogen) atoms. The molecule has 0 spiro atoms. The lowest BCUT2D eigenvalue weighted by Crippen LogP contribution is -1.99. The SMILES string of the molecule is Fc1ccc(Cn2cc(-c3cccc(Cl)c3)cn2)cc1. The summed E-state index contributed by atoms with van der Waals surface area (Å²) in [6, 6.07) is 14.1. The van der Waals surface area contributed by atoms with Gasteiger partial charge in [-0.25, -0.2) is 4.39 Å². The van der Waals surface area contributed by atoms with E-state index in [0.717, 1.165) is 16.7 Å². The molecule has 0 atom stereocenters. The highest BCUT2D eigenvalue weighted by molar-refractivity contribution is 6.30. The zero-order valence-electron chi connectivity index (χ0n) is 10.6. The third kappa shape index (κ3) is 2.89. The van der Waals surface area contributed by atoms with E-state index in [1.165, 1.54) is 12.1 Å². The first-order chi connectivity index (χ1) is 9.70. The monoisotopic (exact) mass is 286 g/mol. The Hall–Kier alpha value is -2.13. The van der Waals surface area contributed by atoms with Crippen LogP contribution in [0, 0.1) is 5.82 Å². The first-order valence-electron chi connectivity index (χ1n) is 6.23. The lowest BCUT2D eigenvalue weighted by Gasteiger charge is -2.01. The van der Waals surface area contributed by atoms with Crippen molar-refractivity contribution in [2.45, 2.75) is 6.54 Å². The van der Waals surface area contributed by atoms with Gasteiger partial charge in [-0.15, -0.1) is 0 Å². The Morgan fingerprint density at radius 2 is 1.85 bits per heavy atom. The number of rotatable bonds is 3. The maximum Gasteiger partial charge on any atom is 0.123 e. The molecule has 0 aliphatic carbocycles. The summed E-state index contributed by atoms with van der Waals surface area (Å²) >= 11 is 5.98. The van der Waals surface area contributed by atoms with E-state index >= 15 is 0 Å². The average Bonchev–Trinajstić information content (AvgIpc) is 2.90. The van der Waals surface area contributed by atoms with Gasteiger partial charge in [0.05, 0.1) is 12.7 Å². The number of halogens is 2. The molecule has 0 N–H and O–H groups in total. The van der Waals surface area contributed by atoms with E-state index in [1.54, 1.807) is 18.3 Å². The Morgan fingerprint density at radius 3 is 2.60 bits per heavy atom. The predicted molar refractivity (Wildman–Crippen MR) is 78.2 cm³/mol. The predicted octanol–water partition coefficient (Wildman–Crippen LogP) is 4.39. The number of nitrogens with zero attached hydrogens (tertiary/aromatic N) is 2. The Morgan fingerprint density at radius 1 is 1.05 bits per heavy atom. The van der Waals surface area contributed by atoms with Crippen molar-refractivity contribution in [3.8, 4) is 11.1 Å². The molecular formula is C16H12ClFN2. The van der Waals surface area contributed by atoms with Crippen LogP contribution < -0.4 is 0 Å². The van der Waals surface area contributed by atoms with Gasteiger partial charge in [0.2, 0.25) is 0 Å². The molecule has 2 aromatic carbocycles. The quantitative estimate of drug-likeness (QED) is 0.698. The molecule has 0 fully saturated rings. The molecule has 4 heteroatoms. The molecule has 1 heterocycles. The topological polar surface area (TPSA) is 17.8 Å². The molecule has 3 aromatic rings. The van der Waals surface area contributed by atoms with Crippen LogP contribution >= 0.6 is 11.6 Å². The third-order valence-electron chi connectivity index (χ3n) is 3.05. The van der Waals surface area contributed by atoms with Crippen LogP contribution in [0.5, 0.6) is 0 Å². The normalized spacial score (nSPS) is 10.7. The average molecular weight is 287 g/mol. The summed E-state index contributed by atoms with van der Waals surface area (Å²) in [7, 11) is 0. The van der Waals surface area contributed by atoms with Crippen LogP contribution in [-0.4, -0.2) is 9.78 Å². The van der Waals surface area contributed by atoms with E-state index in [9.17, 15) is 4.39 Å². The van der Waals surface area contributed by atoms with Gasteiger partial charge in [-0.2, -0.15) is 5.10 Å². The van der Waals surface area contributed by atoms with Gasteiger partial charge in [0, 0.05) is 16.8 Å². The van der Waals surface area contributed by atoms with Crippen LogP contribution in [0.3, 0.4) is 0 Å². The van der Waals surface area contributed by atoms with Crippen molar-refractivity contribution in [1.29, 1.82) is 0 Å². The van der Waals surface area contributed by atoms with Gasteiger partial charge in [0.1, 0.15) is 5.82 Å². The van der Waals surface area contributed by atoms with E-state index in [0.29, 0.717) is 11.6 Å². The second-order valence-electron chi connectivity index (χ2n) is 4.56. The fourth-order valence-electron chi connectivity index (χ4n) is 2.04. The zero-order valence-corrected chi connectivity index (χ0v) is 11.4. The number of hydrogen-bond acceptors (Lipinski definition) is 1. The van der Waals surface area contributed by atoms with Crippen LogP contribution in [0.2, 0.25) is 5.02 Å². The van der Waals surface area contributed by atoms with Crippen LogP contribution in [0.4, 0.5) is 4.39 Å². The Kier molecular flexibility index (Phi) is 3.52. The van der Waals surface area contributed by atoms with Gasteiger partial charge < -0.3 is 0 Å². The summed E-state index contributed by atoms with van der Waals surface area (Å²) < 4.78 is 14.7. The minimum Gasteiger partial charge on any atom is -0.268 e. The molecule has 2 nitrogen and oxygen atoms in total. The smallest absolute Gasteiger partial charge is 0.123 e. The van der Waals surface area contributed by atoms with Crippen molar-refractivity contribution in [2.24, 2.45) is 0 Å². The van der Waals surface area contributed by atoms with E-state index in [2.05, 4.69) is 5.10 Å². The molecule has 0 bridgehead atoms. The van der Waals surface area contributed by atoms with E-state index in [1.807, 2.05) is 35.1 Å². The van der Waals surface area contributed by atoms with Gasteiger partial charge in [0.25, 0.3) is 0 Å². The van der Waals surface area contributed by atoms with Crippen molar-refractivity contribution in [3.05, 3.63) is 77.3 Å². The summed E-state index contributed by atoms with van der Waals surface area (Å²) in [5.41, 5.74) is 3.05. The molecule has 0 unspecified atom stereocenters. The second-order valence-corrected chi connectivity index (χ2v) is 5.00. The Labute approximate surface area is 121 Å². The van der Waals surface area contributed by atoms with Crippen molar-refractivity contribution in [1.82, 2.24) is 9.78 Å². The highest BCUT2D eigenvalue weighted by Crippen LogP contribution is 2.22. The summed E-state index contributed by atoms with van der Waals surface area (Å²) in [5.74, 6) is -0.228. The Bertz CT molecular complexity index is 719. The lowest BCUT2D eigenvalue weighted by molar-refractivity contribution is 0.624. The zero-order chi connectivity index (χ0) is 13.9. The van der Waals surface area contributed by atoms with Crippen molar-refractivity contribution in [3.63, 3.8) is 0 Å². The van der Waals surface area contributed by atoms with Crippen molar-refractivity contribution in [2.75, 3.05) is 0 Å². The van der Waals surface area contributed by atoms with Gasteiger partial charge in [-0.3, -0.25) is 4.68 Å². The molecule has 100 valence electrons. The van der Waals surface area contributed by atoms with Crippen LogP contribution in [0.1, 0.15) is 5.56 Å². The maximum absolute atomic E-state index is 12.9. The molecule has 0 radical (unpaired) electrons. The molecule has 0 aliphatic rings. The summed E-state index contributed by atoms with van der Waals surface area (Å²) in [4.78, 5) is 0. The van der Waals surface area contributed by atoms with E-state index < -0.39 is 0 Å². The molecule has 0 saturated heterocycles. The van der Waals surface area contributed by atoms with Crippen molar-refractivity contribution < 1.29 is 4.39 Å². The minimum atomic E-state index is -0.228. The molecule has 1 aromatic heterocycles. The summed E-state index contributed by atoms with van der Waals surface area (Å²) in [6.45, 7) is 0.612. The standard InChI is InChI=1S/C16H12ClFN2/c17-15-3-1-2-13(8-15)14-9-19-20(11-14)10-12-4-6-16(18)7-5-12/h1-9,11H,10H2. The Balaban J connectivity index is 1.82. The first kappa shape index (κ1) is 12.9. The van der Waals surface area contributed by atoms with Crippen molar-refractivity contribution >= 4 is 11.6 Å². The first-order valence-corrected chi connectivity index (χ1v) is 6.61. The largest absolute Gasteiger partial charge is 0.268 e. The van der Waals surface area contributed by atoms with Crippen LogP contribution in [-0.2, 0) is 6.54 Å². The van der Waals surface area contributed by atoms with Crippen LogP contribution in [0.25, 0.3) is 11.1 Å². The van der Waals surface area contributed by atoms with E-state index in [-0.39, 0.29) is 5.82 Å². The molecule has 0 aliphatic heterocycles. The van der Waals surface area contributed by atoms with Gasteiger partial charge >= 0.3 is 0 Å². The highest BCUT2D eigenvalue weighted by atomic mass is 35.5. The highest BCUT2D eigenvalue weighted by Gasteiger charge is 2.03. The maximum atomic E-state index is 12.9. The summed E-state index contributed by atoms with van der Waals surface area (Å²) in [5, 5.41) is 5.02. The minimum absolute atomic E-state index is 0.228. The number of hydrogen-bond donors (Lipinski definition) is 0. The van der Waals surface area contributed by atoms with Gasteiger partial charge in [0.15, 0.2) is 0 Å². The molecular weight excluding hydrogens is 275 g/mol. The fraction of sp³-hybridized carbons (Fsp3) is 0.0625. The molecule has 0 saturated carbocycles. The second kappa shape index (κ2) is 5.47. The number of benzene rings is 2. The third-order valence-corrected chi connectivity index (χ3v) is 3.28. The summed E-state index contributed by atoms with van der Waals surface area (Å²) in [6.07, 6.45) is 3.75. The molecule has 3 rings (SSSR count). The molecule has 0 amide bonds. The fourth-order valence-corrected chi connectivity index (χ4v) is 2.23.